The standard InChI is InChI=1S/C12H14BrNO5/c1-18-10-4-3-7(5-9(10)15)11(16)14-6-8(13)12(17)19-2/h3-5,8,15H,6H2,1-2H3,(H,14,16). The van der Waals surface area contributed by atoms with Gasteiger partial charge in [-0.3, -0.25) is 9.59 Å². The lowest BCUT2D eigenvalue weighted by Gasteiger charge is -2.10. The average Bonchev–Trinajstić information content (AvgIpc) is 2.43. The van der Waals surface area contributed by atoms with Crippen molar-refractivity contribution in [2.45, 2.75) is 4.83 Å². The SMILES string of the molecule is COC(=O)C(Br)CNC(=O)c1ccc(OC)c(O)c1. The quantitative estimate of drug-likeness (QED) is 0.622. The fraction of sp³-hybridized carbons (Fsp3) is 0.333. The van der Waals surface area contributed by atoms with Gasteiger partial charge in [0.05, 0.1) is 14.2 Å². The molecule has 6 nitrogen and oxygen atoms in total. The van der Waals surface area contributed by atoms with E-state index in [1.54, 1.807) is 0 Å². The number of esters is 1. The molecule has 19 heavy (non-hydrogen) atoms. The third kappa shape index (κ3) is 4.13. The molecule has 0 aromatic heterocycles. The number of rotatable bonds is 5. The lowest BCUT2D eigenvalue weighted by Crippen LogP contribution is -2.33. The molecule has 1 amide bonds. The largest absolute Gasteiger partial charge is 0.504 e. The first kappa shape index (κ1) is 15.3. The van der Waals surface area contributed by atoms with Crippen LogP contribution in [0.4, 0.5) is 0 Å². The molecule has 0 aliphatic heterocycles. The van der Waals surface area contributed by atoms with Crippen LogP contribution in [-0.2, 0) is 9.53 Å². The number of aromatic hydroxyl groups is 1. The first-order valence-corrected chi connectivity index (χ1v) is 6.28. The van der Waals surface area contributed by atoms with E-state index >= 15 is 0 Å². The first-order chi connectivity index (χ1) is 8.99. The average molecular weight is 332 g/mol. The summed E-state index contributed by atoms with van der Waals surface area (Å²) in [7, 11) is 2.68. The van der Waals surface area contributed by atoms with Crippen molar-refractivity contribution in [1.29, 1.82) is 0 Å². The highest BCUT2D eigenvalue weighted by molar-refractivity contribution is 9.10. The highest BCUT2D eigenvalue weighted by atomic mass is 79.9. The van der Waals surface area contributed by atoms with Gasteiger partial charge in [0.1, 0.15) is 4.83 Å². The maximum atomic E-state index is 11.8. The highest BCUT2D eigenvalue weighted by Gasteiger charge is 2.17. The van der Waals surface area contributed by atoms with Crippen LogP contribution in [0.1, 0.15) is 10.4 Å². The summed E-state index contributed by atoms with van der Waals surface area (Å²) in [6, 6.07) is 4.28. The smallest absolute Gasteiger partial charge is 0.321 e. The van der Waals surface area contributed by atoms with E-state index < -0.39 is 16.7 Å². The number of methoxy groups -OCH3 is 2. The van der Waals surface area contributed by atoms with Gasteiger partial charge in [0, 0.05) is 12.1 Å². The van der Waals surface area contributed by atoms with Crippen LogP contribution < -0.4 is 10.1 Å². The molecule has 0 saturated carbocycles. The van der Waals surface area contributed by atoms with Gasteiger partial charge < -0.3 is 19.9 Å². The number of hydrogen-bond acceptors (Lipinski definition) is 5. The van der Waals surface area contributed by atoms with Crippen LogP contribution in [0.15, 0.2) is 18.2 Å². The van der Waals surface area contributed by atoms with Crippen LogP contribution in [0, 0.1) is 0 Å². The monoisotopic (exact) mass is 331 g/mol. The maximum Gasteiger partial charge on any atom is 0.321 e. The Labute approximate surface area is 118 Å². The van der Waals surface area contributed by atoms with Crippen LogP contribution in [0.5, 0.6) is 11.5 Å². The summed E-state index contributed by atoms with van der Waals surface area (Å²) in [5, 5.41) is 12.1. The van der Waals surface area contributed by atoms with Crippen molar-refractivity contribution in [3.63, 3.8) is 0 Å². The number of amides is 1. The topological polar surface area (TPSA) is 84.9 Å². The van der Waals surface area contributed by atoms with Crippen molar-refractivity contribution in [2.24, 2.45) is 0 Å². The summed E-state index contributed by atoms with van der Waals surface area (Å²) in [5.74, 6) is -0.729. The minimum absolute atomic E-state index is 0.0816. The van der Waals surface area contributed by atoms with Crippen molar-refractivity contribution >= 4 is 27.8 Å². The van der Waals surface area contributed by atoms with E-state index in [0.717, 1.165) is 0 Å². The number of hydrogen-bond donors (Lipinski definition) is 2. The Hall–Kier alpha value is -1.76. The molecule has 0 fully saturated rings. The Bertz CT molecular complexity index is 477. The molecular formula is C12H14BrNO5. The number of phenolic OH excluding ortho intramolecular Hbond substituents is 1. The zero-order valence-corrected chi connectivity index (χ0v) is 12.1. The summed E-state index contributed by atoms with van der Waals surface area (Å²) in [6.07, 6.45) is 0. The fourth-order valence-corrected chi connectivity index (χ4v) is 1.68. The molecule has 0 saturated heterocycles. The highest BCUT2D eigenvalue weighted by Crippen LogP contribution is 2.26. The number of alkyl halides is 1. The summed E-state index contributed by atoms with van der Waals surface area (Å²) in [5.41, 5.74) is 0.267. The van der Waals surface area contributed by atoms with Gasteiger partial charge in [0.15, 0.2) is 11.5 Å². The minimum atomic E-state index is -0.617. The molecule has 0 bridgehead atoms. The molecule has 0 radical (unpaired) electrons. The number of benzene rings is 1. The van der Waals surface area contributed by atoms with Crippen molar-refractivity contribution < 1.29 is 24.2 Å². The third-order valence-corrected chi connectivity index (χ3v) is 3.04. The number of phenols is 1. The zero-order valence-electron chi connectivity index (χ0n) is 10.5. The molecule has 2 N–H and O–H groups in total. The minimum Gasteiger partial charge on any atom is -0.504 e. The van der Waals surface area contributed by atoms with E-state index in [0.29, 0.717) is 0 Å². The molecule has 7 heteroatoms. The molecule has 1 unspecified atom stereocenters. The van der Waals surface area contributed by atoms with Gasteiger partial charge in [0.25, 0.3) is 5.91 Å². The van der Waals surface area contributed by atoms with Gasteiger partial charge in [-0.05, 0) is 18.2 Å². The van der Waals surface area contributed by atoms with Crippen molar-refractivity contribution in [3.05, 3.63) is 23.8 Å². The lowest BCUT2D eigenvalue weighted by atomic mass is 10.2. The summed E-state index contributed by atoms with van der Waals surface area (Å²) >= 11 is 3.08. The molecule has 0 aliphatic rings. The number of carbonyl (C=O) groups excluding carboxylic acids is 2. The Balaban J connectivity index is 2.64. The molecule has 1 aromatic rings. The van der Waals surface area contributed by atoms with Crippen LogP contribution in [-0.4, -0.2) is 42.6 Å². The molecule has 1 atom stereocenters. The molecule has 1 aromatic carbocycles. The van der Waals surface area contributed by atoms with Gasteiger partial charge in [-0.15, -0.1) is 0 Å². The second kappa shape index (κ2) is 6.98. The van der Waals surface area contributed by atoms with Crippen LogP contribution >= 0.6 is 15.9 Å². The predicted molar refractivity (Wildman–Crippen MR) is 71.7 cm³/mol. The summed E-state index contributed by atoms with van der Waals surface area (Å²) in [4.78, 5) is 22.3. The number of nitrogens with one attached hydrogen (secondary N) is 1. The molecule has 0 aliphatic carbocycles. The van der Waals surface area contributed by atoms with Gasteiger partial charge in [-0.2, -0.15) is 0 Å². The molecule has 0 heterocycles. The molecular weight excluding hydrogens is 318 g/mol. The van der Waals surface area contributed by atoms with Crippen molar-refractivity contribution in [1.82, 2.24) is 5.32 Å². The van der Waals surface area contributed by atoms with Gasteiger partial charge >= 0.3 is 5.97 Å². The number of carbonyl (C=O) groups is 2. The molecule has 0 spiro atoms. The molecule has 1 rings (SSSR count). The van der Waals surface area contributed by atoms with Crippen LogP contribution in [0.25, 0.3) is 0 Å². The van der Waals surface area contributed by atoms with E-state index in [2.05, 4.69) is 26.0 Å². The van der Waals surface area contributed by atoms with Crippen molar-refractivity contribution in [2.75, 3.05) is 20.8 Å². The van der Waals surface area contributed by atoms with Crippen molar-refractivity contribution in [3.8, 4) is 11.5 Å². The Morgan fingerprint density at radius 1 is 1.42 bits per heavy atom. The molecule has 104 valence electrons. The van der Waals surface area contributed by atoms with Gasteiger partial charge in [0.2, 0.25) is 0 Å². The van der Waals surface area contributed by atoms with E-state index in [-0.39, 0.29) is 23.6 Å². The number of ether oxygens (including phenoxy) is 2. The zero-order chi connectivity index (χ0) is 14.4. The second-order valence-corrected chi connectivity index (χ2v) is 4.69. The lowest BCUT2D eigenvalue weighted by molar-refractivity contribution is -0.139. The first-order valence-electron chi connectivity index (χ1n) is 5.36. The second-order valence-electron chi connectivity index (χ2n) is 3.59. The van der Waals surface area contributed by atoms with E-state index in [1.807, 2.05) is 0 Å². The summed E-state index contributed by atoms with van der Waals surface area (Å²) < 4.78 is 9.38. The Morgan fingerprint density at radius 2 is 2.11 bits per heavy atom. The van der Waals surface area contributed by atoms with Crippen LogP contribution in [0.2, 0.25) is 0 Å². The van der Waals surface area contributed by atoms with Gasteiger partial charge in [-0.1, -0.05) is 15.9 Å². The predicted octanol–water partition coefficient (Wildman–Crippen LogP) is 1.07. The normalized spacial score (nSPS) is 11.5. The third-order valence-electron chi connectivity index (χ3n) is 2.34. The summed E-state index contributed by atoms with van der Waals surface area (Å²) in [6.45, 7) is 0.0816. The number of halogens is 1. The Morgan fingerprint density at radius 3 is 2.63 bits per heavy atom. The van der Waals surface area contributed by atoms with E-state index in [4.69, 9.17) is 4.74 Å². The van der Waals surface area contributed by atoms with Gasteiger partial charge in [-0.25, -0.2) is 0 Å². The van der Waals surface area contributed by atoms with E-state index in [9.17, 15) is 14.7 Å². The van der Waals surface area contributed by atoms with E-state index in [1.165, 1.54) is 32.4 Å². The Kier molecular flexibility index (Phi) is 5.62. The fourth-order valence-electron chi connectivity index (χ4n) is 1.33. The maximum absolute atomic E-state index is 11.8. The van der Waals surface area contributed by atoms with Crippen LogP contribution in [0.3, 0.4) is 0 Å².